The van der Waals surface area contributed by atoms with Gasteiger partial charge in [-0.3, -0.25) is 9.69 Å². The van der Waals surface area contributed by atoms with Crippen LogP contribution in [0.25, 0.3) is 0 Å². The van der Waals surface area contributed by atoms with Crippen LogP contribution in [-0.2, 0) is 4.79 Å². The second kappa shape index (κ2) is 7.63. The van der Waals surface area contributed by atoms with E-state index in [-0.39, 0.29) is 6.61 Å². The first kappa shape index (κ1) is 13.5. The Bertz CT molecular complexity index is 201. The molecule has 0 aromatic heterocycles. The first-order valence-electron chi connectivity index (χ1n) is 6.39. The summed E-state index contributed by atoms with van der Waals surface area (Å²) in [4.78, 5) is 16.0. The number of hydrogen-bond acceptors (Lipinski definition) is 3. The fourth-order valence-electron chi connectivity index (χ4n) is 2.00. The Morgan fingerprint density at radius 1 is 1.19 bits per heavy atom. The van der Waals surface area contributed by atoms with E-state index in [9.17, 15) is 4.79 Å². The number of aliphatic hydroxyl groups excluding tert-OH is 1. The van der Waals surface area contributed by atoms with Gasteiger partial charge >= 0.3 is 0 Å². The van der Waals surface area contributed by atoms with Crippen LogP contribution in [0.3, 0.4) is 0 Å². The molecule has 0 spiro atoms. The maximum atomic E-state index is 11.7. The first-order chi connectivity index (χ1) is 7.77. The molecule has 1 heterocycles. The highest BCUT2D eigenvalue weighted by molar-refractivity contribution is 5.76. The largest absolute Gasteiger partial charge is 0.396 e. The Kier molecular flexibility index (Phi) is 6.42. The van der Waals surface area contributed by atoms with E-state index in [1.807, 2.05) is 4.90 Å². The molecule has 0 aromatic rings. The highest BCUT2D eigenvalue weighted by atomic mass is 16.3. The Morgan fingerprint density at radius 2 is 1.88 bits per heavy atom. The van der Waals surface area contributed by atoms with Crippen molar-refractivity contribution in [3.05, 3.63) is 0 Å². The van der Waals surface area contributed by atoms with Crippen molar-refractivity contribution < 1.29 is 9.90 Å². The lowest BCUT2D eigenvalue weighted by Gasteiger charge is -2.34. The van der Waals surface area contributed by atoms with E-state index in [0.717, 1.165) is 52.0 Å². The highest BCUT2D eigenvalue weighted by Gasteiger charge is 2.19. The molecule has 4 nitrogen and oxygen atoms in total. The summed E-state index contributed by atoms with van der Waals surface area (Å²) in [5.74, 6) is 0.309. The van der Waals surface area contributed by atoms with Crippen molar-refractivity contribution in [1.29, 1.82) is 0 Å². The lowest BCUT2D eigenvalue weighted by Crippen LogP contribution is -2.48. The molecule has 0 radical (unpaired) electrons. The van der Waals surface area contributed by atoms with E-state index in [0.29, 0.717) is 12.3 Å². The monoisotopic (exact) mass is 228 g/mol. The summed E-state index contributed by atoms with van der Waals surface area (Å²) >= 11 is 0. The van der Waals surface area contributed by atoms with Gasteiger partial charge in [-0.2, -0.15) is 0 Å². The molecule has 1 saturated heterocycles. The van der Waals surface area contributed by atoms with E-state index in [2.05, 4.69) is 11.8 Å². The number of rotatable bonds is 6. The van der Waals surface area contributed by atoms with Gasteiger partial charge in [0.1, 0.15) is 0 Å². The third kappa shape index (κ3) is 4.49. The van der Waals surface area contributed by atoms with Gasteiger partial charge in [-0.25, -0.2) is 0 Å². The summed E-state index contributed by atoms with van der Waals surface area (Å²) in [6.45, 7) is 6.95. The van der Waals surface area contributed by atoms with Crippen LogP contribution in [0.15, 0.2) is 0 Å². The second-order valence-electron chi connectivity index (χ2n) is 4.40. The maximum absolute atomic E-state index is 11.7. The van der Waals surface area contributed by atoms with Gasteiger partial charge in [0.15, 0.2) is 0 Å². The maximum Gasteiger partial charge on any atom is 0.222 e. The molecule has 0 aromatic carbocycles. The van der Waals surface area contributed by atoms with Crippen LogP contribution in [0.1, 0.15) is 32.6 Å². The Hall–Kier alpha value is -0.610. The molecule has 0 bridgehead atoms. The number of amides is 1. The third-order valence-electron chi connectivity index (χ3n) is 3.10. The van der Waals surface area contributed by atoms with Gasteiger partial charge in [0.25, 0.3) is 0 Å². The second-order valence-corrected chi connectivity index (χ2v) is 4.40. The van der Waals surface area contributed by atoms with Crippen molar-refractivity contribution in [2.24, 2.45) is 0 Å². The number of carbonyl (C=O) groups is 1. The van der Waals surface area contributed by atoms with Gasteiger partial charge in [-0.15, -0.1) is 0 Å². The fraction of sp³-hybridized carbons (Fsp3) is 0.917. The molecule has 1 aliphatic heterocycles. The number of piperazine rings is 1. The van der Waals surface area contributed by atoms with Crippen molar-refractivity contribution in [2.45, 2.75) is 32.6 Å². The molecule has 4 heteroatoms. The minimum absolute atomic E-state index is 0.260. The third-order valence-corrected chi connectivity index (χ3v) is 3.10. The van der Waals surface area contributed by atoms with E-state index < -0.39 is 0 Å². The van der Waals surface area contributed by atoms with Crippen LogP contribution in [-0.4, -0.2) is 60.1 Å². The van der Waals surface area contributed by atoms with Crippen LogP contribution < -0.4 is 0 Å². The summed E-state index contributed by atoms with van der Waals surface area (Å²) in [6.07, 6.45) is 3.63. The average Bonchev–Trinajstić information content (AvgIpc) is 2.34. The minimum atomic E-state index is 0.260. The molecular formula is C12H24N2O2. The number of hydrogen-bond donors (Lipinski definition) is 1. The molecule has 0 aliphatic carbocycles. The molecule has 1 amide bonds. The average molecular weight is 228 g/mol. The van der Waals surface area contributed by atoms with Crippen LogP contribution in [0.4, 0.5) is 0 Å². The summed E-state index contributed by atoms with van der Waals surface area (Å²) < 4.78 is 0. The standard InChI is InChI=1S/C12H24N2O2/c1-2-3-5-12(16)14-9-7-13(8-10-14)6-4-11-15/h15H,2-11H2,1H3. The molecular weight excluding hydrogens is 204 g/mol. The van der Waals surface area contributed by atoms with E-state index in [4.69, 9.17) is 5.11 Å². The summed E-state index contributed by atoms with van der Waals surface area (Å²) in [6, 6.07) is 0. The SMILES string of the molecule is CCCCC(=O)N1CCN(CCCO)CC1. The topological polar surface area (TPSA) is 43.8 Å². The Balaban J connectivity index is 2.18. The van der Waals surface area contributed by atoms with Crippen LogP contribution in [0, 0.1) is 0 Å². The van der Waals surface area contributed by atoms with Crippen molar-refractivity contribution in [2.75, 3.05) is 39.3 Å². The zero-order valence-electron chi connectivity index (χ0n) is 10.3. The van der Waals surface area contributed by atoms with E-state index in [1.54, 1.807) is 0 Å². The van der Waals surface area contributed by atoms with Gasteiger partial charge in [-0.1, -0.05) is 13.3 Å². The predicted molar refractivity (Wildman–Crippen MR) is 64.2 cm³/mol. The molecule has 0 atom stereocenters. The van der Waals surface area contributed by atoms with Gasteiger partial charge in [0.2, 0.25) is 5.91 Å². The lowest BCUT2D eigenvalue weighted by atomic mass is 10.2. The zero-order valence-corrected chi connectivity index (χ0v) is 10.3. The summed E-state index contributed by atoms with van der Waals surface area (Å²) in [7, 11) is 0. The number of carbonyl (C=O) groups excluding carboxylic acids is 1. The first-order valence-corrected chi connectivity index (χ1v) is 6.39. The van der Waals surface area contributed by atoms with Crippen LogP contribution >= 0.6 is 0 Å². The number of aliphatic hydroxyl groups is 1. The Morgan fingerprint density at radius 3 is 2.44 bits per heavy atom. The molecule has 1 N–H and O–H groups in total. The molecule has 0 saturated carbocycles. The Labute approximate surface area is 98.2 Å². The summed E-state index contributed by atoms with van der Waals surface area (Å²) in [5, 5.41) is 8.74. The highest BCUT2D eigenvalue weighted by Crippen LogP contribution is 2.06. The van der Waals surface area contributed by atoms with Crippen LogP contribution in [0.2, 0.25) is 0 Å². The number of nitrogens with zero attached hydrogens (tertiary/aromatic N) is 2. The quantitative estimate of drug-likeness (QED) is 0.728. The van der Waals surface area contributed by atoms with Gasteiger partial charge in [-0.05, 0) is 12.8 Å². The fourth-order valence-corrected chi connectivity index (χ4v) is 2.00. The smallest absolute Gasteiger partial charge is 0.222 e. The van der Waals surface area contributed by atoms with Crippen molar-refractivity contribution in [3.63, 3.8) is 0 Å². The number of unbranched alkanes of at least 4 members (excludes halogenated alkanes) is 1. The van der Waals surface area contributed by atoms with Crippen molar-refractivity contribution in [1.82, 2.24) is 9.80 Å². The molecule has 1 aliphatic rings. The van der Waals surface area contributed by atoms with Gasteiger partial charge in [0, 0.05) is 45.8 Å². The van der Waals surface area contributed by atoms with Gasteiger partial charge in [0.05, 0.1) is 0 Å². The zero-order chi connectivity index (χ0) is 11.8. The van der Waals surface area contributed by atoms with Crippen molar-refractivity contribution in [3.8, 4) is 0 Å². The minimum Gasteiger partial charge on any atom is -0.396 e. The van der Waals surface area contributed by atoms with E-state index >= 15 is 0 Å². The molecule has 0 unspecified atom stereocenters. The summed E-state index contributed by atoms with van der Waals surface area (Å²) in [5.41, 5.74) is 0. The lowest BCUT2D eigenvalue weighted by molar-refractivity contribution is -0.133. The van der Waals surface area contributed by atoms with Crippen LogP contribution in [0.5, 0.6) is 0 Å². The van der Waals surface area contributed by atoms with Crippen molar-refractivity contribution >= 4 is 5.91 Å². The normalized spacial score (nSPS) is 17.8. The van der Waals surface area contributed by atoms with E-state index in [1.165, 1.54) is 0 Å². The van der Waals surface area contributed by atoms with Gasteiger partial charge < -0.3 is 10.0 Å². The predicted octanol–water partition coefficient (Wildman–Crippen LogP) is 0.703. The molecule has 94 valence electrons. The molecule has 16 heavy (non-hydrogen) atoms. The molecule has 1 fully saturated rings. The molecule has 1 rings (SSSR count).